The molecule has 1 heterocycles. The third-order valence-electron chi connectivity index (χ3n) is 10.2. The van der Waals surface area contributed by atoms with Crippen molar-refractivity contribution >= 4 is 35.6 Å². The summed E-state index contributed by atoms with van der Waals surface area (Å²) >= 11 is 0. The molecular weight excluding hydrogens is 640 g/mol. The van der Waals surface area contributed by atoms with Crippen molar-refractivity contribution in [2.45, 2.75) is 137 Å². The van der Waals surface area contributed by atoms with E-state index in [0.29, 0.717) is 25.9 Å². The first kappa shape index (κ1) is 42.5. The highest BCUT2D eigenvalue weighted by molar-refractivity contribution is 6.38. The average Bonchev–Trinajstić information content (AvgIpc) is 3.51. The van der Waals surface area contributed by atoms with Crippen LogP contribution in [0, 0.1) is 22.7 Å². The number of nitrogens with one attached hydrogen (secondary N) is 5. The van der Waals surface area contributed by atoms with Crippen LogP contribution in [-0.2, 0) is 23.9 Å². The fourth-order valence-corrected chi connectivity index (χ4v) is 6.98. The van der Waals surface area contributed by atoms with Crippen LogP contribution < -0.4 is 26.6 Å². The number of hydrogen-bond acceptors (Lipinski definition) is 7. The lowest BCUT2D eigenvalue weighted by Gasteiger charge is -2.43. The number of ketones is 1. The second-order valence-electron chi connectivity index (χ2n) is 15.6. The first-order chi connectivity index (χ1) is 23.5. The van der Waals surface area contributed by atoms with E-state index >= 15 is 0 Å². The fourth-order valence-electron chi connectivity index (χ4n) is 6.98. The highest BCUT2D eigenvalue weighted by Gasteiger charge is 2.50. The number of Topliss-reactive ketones (excluding diaryl/α,β-unsaturated/α-hetero) is 1. The molecule has 50 heavy (non-hydrogen) atoms. The van der Waals surface area contributed by atoms with Gasteiger partial charge in [0.25, 0.3) is 5.91 Å². The smallest absolute Gasteiger partial charge is 0.407 e. The number of rotatable bonds is 17. The van der Waals surface area contributed by atoms with Crippen LogP contribution in [0.3, 0.4) is 0 Å². The number of urea groups is 1. The molecule has 2 fully saturated rings. The van der Waals surface area contributed by atoms with Gasteiger partial charge >= 0.3 is 12.1 Å². The number of alkyl carbamates (subject to hydrolysis) is 1. The van der Waals surface area contributed by atoms with Crippen LogP contribution in [0.15, 0.2) is 12.7 Å². The molecule has 0 aromatic heterocycles. The Morgan fingerprint density at radius 3 is 2.20 bits per heavy atom. The van der Waals surface area contributed by atoms with Gasteiger partial charge in [-0.05, 0) is 55.3 Å². The van der Waals surface area contributed by atoms with Crippen molar-refractivity contribution in [1.82, 2.24) is 31.5 Å². The van der Waals surface area contributed by atoms with Gasteiger partial charge < -0.3 is 36.2 Å². The first-order valence-electron chi connectivity index (χ1n) is 18.5. The minimum atomic E-state index is -1.04. The third-order valence-corrected chi connectivity index (χ3v) is 10.2. The molecule has 13 nitrogen and oxygen atoms in total. The monoisotopic (exact) mass is 704 g/mol. The fraction of sp³-hybridized carbons (Fsp3) is 0.784. The van der Waals surface area contributed by atoms with Crippen LogP contribution in [0.1, 0.15) is 113 Å². The summed E-state index contributed by atoms with van der Waals surface area (Å²) in [5, 5.41) is 13.9. The van der Waals surface area contributed by atoms with Crippen molar-refractivity contribution < 1.29 is 33.5 Å². The summed E-state index contributed by atoms with van der Waals surface area (Å²) in [7, 11) is 0. The number of hydrogen-bond donors (Lipinski definition) is 5. The molecule has 2 unspecified atom stereocenters. The molecule has 0 spiro atoms. The molecule has 0 bridgehead atoms. The summed E-state index contributed by atoms with van der Waals surface area (Å²) in [4.78, 5) is 82.0. The number of nitrogens with zero attached hydrogens (tertiary/aromatic N) is 1. The van der Waals surface area contributed by atoms with Gasteiger partial charge in [0.2, 0.25) is 17.6 Å². The summed E-state index contributed by atoms with van der Waals surface area (Å²) in [6, 6.07) is -3.98. The standard InChI is InChI=1S/C37H64N6O7/c1-10-13-17-26(29(44)32(46)39-21-11-2)40-31(45)28-25(24(4)5)18-22-43(28)33(47)30(37(9)19-15-14-16-20-37)42-34(48)41-27(36(6,7)8)23-50-35(49)38-12-3/h11,24-28,30H,2,10,12-23H2,1,3-9H3,(H,38,49)(H,39,46)(H,40,45)(H2,41,42,48)/t25-,26?,27-,28+,30?/m1/s1. The average molecular weight is 705 g/mol. The van der Waals surface area contributed by atoms with Gasteiger partial charge in [0.1, 0.15) is 18.7 Å². The maximum absolute atomic E-state index is 14.7. The van der Waals surface area contributed by atoms with Crippen molar-refractivity contribution in [2.75, 3.05) is 26.2 Å². The number of ether oxygens (including phenoxy) is 1. The van der Waals surface area contributed by atoms with E-state index in [-0.39, 0.29) is 37.3 Å². The Morgan fingerprint density at radius 1 is 0.980 bits per heavy atom. The van der Waals surface area contributed by atoms with E-state index in [0.717, 1.165) is 38.5 Å². The predicted octanol–water partition coefficient (Wildman–Crippen LogP) is 4.20. The molecule has 1 aliphatic carbocycles. The Kier molecular flexibility index (Phi) is 16.7. The topological polar surface area (TPSA) is 175 Å². The van der Waals surface area contributed by atoms with E-state index in [9.17, 15) is 28.8 Å². The summed E-state index contributed by atoms with van der Waals surface area (Å²) in [5.74, 6) is -2.51. The molecule has 1 aliphatic heterocycles. The van der Waals surface area contributed by atoms with Crippen LogP contribution >= 0.6 is 0 Å². The van der Waals surface area contributed by atoms with E-state index in [1.54, 1.807) is 11.8 Å². The first-order valence-corrected chi connectivity index (χ1v) is 18.5. The highest BCUT2D eigenvalue weighted by Crippen LogP contribution is 2.41. The summed E-state index contributed by atoms with van der Waals surface area (Å²) < 4.78 is 5.36. The SMILES string of the molecule is C=CCNC(=O)C(=O)C(CCCC)NC(=O)[C@@H]1[C@@H](C(C)C)CCN1C(=O)C(NC(=O)N[C@H](COC(=O)NCC)C(C)(C)C)C1(C)CCCCC1. The summed E-state index contributed by atoms with van der Waals surface area (Å²) in [6.07, 6.45) is 7.42. The van der Waals surface area contributed by atoms with E-state index in [1.807, 2.05) is 48.5 Å². The lowest BCUT2D eigenvalue weighted by atomic mass is 9.70. The van der Waals surface area contributed by atoms with Gasteiger partial charge in [0.05, 0.1) is 12.1 Å². The van der Waals surface area contributed by atoms with E-state index in [4.69, 9.17) is 4.74 Å². The van der Waals surface area contributed by atoms with Crippen molar-refractivity contribution in [3.05, 3.63) is 12.7 Å². The van der Waals surface area contributed by atoms with Crippen LogP contribution in [0.5, 0.6) is 0 Å². The zero-order valence-electron chi connectivity index (χ0n) is 31.7. The quantitative estimate of drug-likeness (QED) is 0.111. The molecule has 0 aromatic carbocycles. The molecule has 1 saturated carbocycles. The molecule has 6 amide bonds. The normalized spacial score (nSPS) is 20.5. The third kappa shape index (κ3) is 12.0. The maximum Gasteiger partial charge on any atom is 0.407 e. The predicted molar refractivity (Wildman–Crippen MR) is 193 cm³/mol. The number of likely N-dealkylation sites (tertiary alicyclic amines) is 1. The second-order valence-corrected chi connectivity index (χ2v) is 15.6. The largest absolute Gasteiger partial charge is 0.447 e. The Balaban J connectivity index is 2.41. The van der Waals surface area contributed by atoms with Gasteiger partial charge in [0, 0.05) is 19.6 Å². The number of carbonyl (C=O) groups excluding carboxylic acids is 6. The summed E-state index contributed by atoms with van der Waals surface area (Å²) in [5.41, 5.74) is -1.05. The minimum Gasteiger partial charge on any atom is -0.447 e. The van der Waals surface area contributed by atoms with Crippen LogP contribution in [-0.4, -0.2) is 90.9 Å². The second kappa shape index (κ2) is 19.7. The molecule has 2 aliphatic rings. The molecule has 0 aromatic rings. The molecule has 13 heteroatoms. The highest BCUT2D eigenvalue weighted by atomic mass is 16.5. The van der Waals surface area contributed by atoms with Crippen molar-refractivity contribution in [2.24, 2.45) is 22.7 Å². The maximum atomic E-state index is 14.7. The van der Waals surface area contributed by atoms with E-state index in [2.05, 4.69) is 33.2 Å². The van der Waals surface area contributed by atoms with Gasteiger partial charge in [-0.25, -0.2) is 9.59 Å². The van der Waals surface area contributed by atoms with Gasteiger partial charge in [-0.1, -0.05) is 86.6 Å². The van der Waals surface area contributed by atoms with Crippen molar-refractivity contribution in [3.8, 4) is 0 Å². The zero-order valence-corrected chi connectivity index (χ0v) is 31.7. The molecule has 5 N–H and O–H groups in total. The van der Waals surface area contributed by atoms with Gasteiger partial charge in [0.15, 0.2) is 0 Å². The molecular formula is C37H64N6O7. The Bertz CT molecular complexity index is 1190. The molecule has 284 valence electrons. The zero-order chi connectivity index (χ0) is 37.6. The van der Waals surface area contributed by atoms with Gasteiger partial charge in [-0.2, -0.15) is 0 Å². The van der Waals surface area contributed by atoms with Crippen LogP contribution in [0.4, 0.5) is 9.59 Å². The lowest BCUT2D eigenvalue weighted by molar-refractivity contribution is -0.145. The molecule has 5 atom stereocenters. The van der Waals surface area contributed by atoms with Crippen LogP contribution in [0.2, 0.25) is 0 Å². The molecule has 0 radical (unpaired) electrons. The summed E-state index contributed by atoms with van der Waals surface area (Å²) in [6.45, 7) is 19.9. The van der Waals surface area contributed by atoms with E-state index in [1.165, 1.54) is 6.08 Å². The Labute approximate surface area is 299 Å². The van der Waals surface area contributed by atoms with E-state index < -0.39 is 64.7 Å². The molecule has 1 saturated heterocycles. The minimum absolute atomic E-state index is 0.0432. The number of amides is 6. The van der Waals surface area contributed by atoms with Crippen molar-refractivity contribution in [1.29, 1.82) is 0 Å². The van der Waals surface area contributed by atoms with Gasteiger partial charge in [-0.15, -0.1) is 6.58 Å². The Morgan fingerprint density at radius 2 is 1.64 bits per heavy atom. The Hall–Kier alpha value is -3.64. The number of carbonyl (C=O) groups is 6. The number of unbranched alkanes of at least 4 members (excludes halogenated alkanes) is 1. The lowest BCUT2D eigenvalue weighted by Crippen LogP contribution is -2.63. The van der Waals surface area contributed by atoms with Gasteiger partial charge in [-0.3, -0.25) is 19.2 Å². The molecule has 2 rings (SSSR count). The van der Waals surface area contributed by atoms with Crippen molar-refractivity contribution in [3.63, 3.8) is 0 Å². The van der Waals surface area contributed by atoms with Crippen LogP contribution in [0.25, 0.3) is 0 Å².